The molecule has 0 amide bonds. The van der Waals surface area contributed by atoms with E-state index in [1.165, 1.54) is 0 Å². The van der Waals surface area contributed by atoms with Crippen LogP contribution in [0.4, 0.5) is 0 Å². The Bertz CT molecular complexity index is 191. The lowest BCUT2D eigenvalue weighted by atomic mass is 9.98. The van der Waals surface area contributed by atoms with Gasteiger partial charge in [-0.2, -0.15) is 0 Å². The van der Waals surface area contributed by atoms with Gasteiger partial charge in [0.15, 0.2) is 0 Å². The van der Waals surface area contributed by atoms with Gasteiger partial charge in [0.25, 0.3) is 0 Å². The topological polar surface area (TPSA) is 70.5 Å². The lowest BCUT2D eigenvalue weighted by Crippen LogP contribution is -2.36. The second-order valence-corrected chi connectivity index (χ2v) is 5.36. The van der Waals surface area contributed by atoms with Crippen LogP contribution < -0.4 is 11.5 Å². The van der Waals surface area contributed by atoms with E-state index in [1.807, 2.05) is 0 Å². The molecule has 0 saturated carbocycles. The predicted molar refractivity (Wildman–Crippen MR) is 67.7 cm³/mol. The normalized spacial score (nSPS) is 32.8. The number of nitrogens with two attached hydrogens (primary N) is 2. The van der Waals surface area contributed by atoms with Crippen molar-refractivity contribution in [1.29, 1.82) is 0 Å². The molecule has 4 N–H and O–H groups in total. The first kappa shape index (κ1) is 13.3. The van der Waals surface area contributed by atoms with Crippen LogP contribution >= 0.6 is 0 Å². The molecule has 0 aliphatic carbocycles. The molecule has 0 aromatic rings. The van der Waals surface area contributed by atoms with Crippen molar-refractivity contribution < 1.29 is 9.47 Å². The molecule has 2 saturated heterocycles. The van der Waals surface area contributed by atoms with E-state index in [1.54, 1.807) is 0 Å². The van der Waals surface area contributed by atoms with Gasteiger partial charge in [-0.05, 0) is 38.5 Å². The Morgan fingerprint density at radius 3 is 1.71 bits per heavy atom. The van der Waals surface area contributed by atoms with Crippen molar-refractivity contribution in [3.05, 3.63) is 0 Å². The van der Waals surface area contributed by atoms with Gasteiger partial charge in [-0.25, -0.2) is 0 Å². The fourth-order valence-corrected chi connectivity index (χ4v) is 2.84. The van der Waals surface area contributed by atoms with Crippen LogP contribution in [0.2, 0.25) is 0 Å². The maximum Gasteiger partial charge on any atom is 0.0726 e. The van der Waals surface area contributed by atoms with Gasteiger partial charge in [0.1, 0.15) is 0 Å². The van der Waals surface area contributed by atoms with E-state index >= 15 is 0 Å². The van der Waals surface area contributed by atoms with Crippen LogP contribution in [0.1, 0.15) is 44.9 Å². The summed E-state index contributed by atoms with van der Waals surface area (Å²) in [6, 6.07) is 0.378. The second kappa shape index (κ2) is 6.69. The van der Waals surface area contributed by atoms with Gasteiger partial charge in [-0.1, -0.05) is 6.42 Å². The zero-order valence-corrected chi connectivity index (χ0v) is 10.6. The molecule has 4 atom stereocenters. The molecule has 4 heteroatoms. The summed E-state index contributed by atoms with van der Waals surface area (Å²) in [5.74, 6) is 0. The molecule has 2 heterocycles. The molecule has 0 radical (unpaired) electrons. The fraction of sp³-hybridized carbons (Fsp3) is 1.00. The molecule has 2 fully saturated rings. The van der Waals surface area contributed by atoms with Crippen LogP contribution in [-0.4, -0.2) is 37.5 Å². The van der Waals surface area contributed by atoms with Crippen LogP contribution in [-0.2, 0) is 9.47 Å². The lowest BCUT2D eigenvalue weighted by molar-refractivity contribution is 0.0793. The largest absolute Gasteiger partial charge is 0.377 e. The standard InChI is InChI=1S/C13H26N2O2/c14-10(12-6-2-8-16-12)4-1-5-11(15)13-7-3-9-17-13/h10-13H,1-9,14-15H2. The van der Waals surface area contributed by atoms with E-state index in [-0.39, 0.29) is 24.3 Å². The van der Waals surface area contributed by atoms with Gasteiger partial charge in [0.2, 0.25) is 0 Å². The quantitative estimate of drug-likeness (QED) is 0.733. The maximum absolute atomic E-state index is 6.12. The van der Waals surface area contributed by atoms with Gasteiger partial charge in [-0.15, -0.1) is 0 Å². The molecule has 0 spiro atoms. The van der Waals surface area contributed by atoms with Crippen molar-refractivity contribution in [2.75, 3.05) is 13.2 Å². The Morgan fingerprint density at radius 1 is 0.882 bits per heavy atom. The highest BCUT2D eigenvalue weighted by molar-refractivity contribution is 4.80. The smallest absolute Gasteiger partial charge is 0.0726 e. The molecule has 0 bridgehead atoms. The van der Waals surface area contributed by atoms with Gasteiger partial charge in [0, 0.05) is 25.3 Å². The molecular formula is C13H26N2O2. The lowest BCUT2D eigenvalue weighted by Gasteiger charge is -2.21. The minimum Gasteiger partial charge on any atom is -0.377 e. The zero-order valence-electron chi connectivity index (χ0n) is 10.6. The van der Waals surface area contributed by atoms with Crippen molar-refractivity contribution in [3.8, 4) is 0 Å². The highest BCUT2D eigenvalue weighted by atomic mass is 16.5. The molecule has 4 nitrogen and oxygen atoms in total. The molecule has 4 unspecified atom stereocenters. The van der Waals surface area contributed by atoms with E-state index in [0.29, 0.717) is 0 Å². The van der Waals surface area contributed by atoms with E-state index in [9.17, 15) is 0 Å². The summed E-state index contributed by atoms with van der Waals surface area (Å²) in [6.07, 6.45) is 8.26. The first-order valence-corrected chi connectivity index (χ1v) is 7.02. The van der Waals surface area contributed by atoms with Crippen LogP contribution in [0.15, 0.2) is 0 Å². The number of rotatable bonds is 6. The highest BCUT2D eigenvalue weighted by Crippen LogP contribution is 2.20. The summed E-state index contributed by atoms with van der Waals surface area (Å²) < 4.78 is 11.2. The van der Waals surface area contributed by atoms with E-state index in [0.717, 1.165) is 58.2 Å². The van der Waals surface area contributed by atoms with Gasteiger partial charge in [-0.3, -0.25) is 0 Å². The Balaban J connectivity index is 1.58. The van der Waals surface area contributed by atoms with Crippen LogP contribution in [0.3, 0.4) is 0 Å². The average Bonchev–Trinajstić information content (AvgIpc) is 3.02. The highest BCUT2D eigenvalue weighted by Gasteiger charge is 2.25. The fourth-order valence-electron chi connectivity index (χ4n) is 2.84. The van der Waals surface area contributed by atoms with Crippen molar-refractivity contribution in [1.82, 2.24) is 0 Å². The van der Waals surface area contributed by atoms with Crippen molar-refractivity contribution >= 4 is 0 Å². The molecule has 100 valence electrons. The first-order chi connectivity index (χ1) is 8.27. The predicted octanol–water partition coefficient (Wildman–Crippen LogP) is 1.17. The minimum absolute atomic E-state index is 0.189. The molecule has 0 aromatic carbocycles. The SMILES string of the molecule is NC(CCCC(N)C1CCCO1)C1CCCO1. The Kier molecular flexibility index (Phi) is 5.22. The van der Waals surface area contributed by atoms with E-state index in [4.69, 9.17) is 20.9 Å². The summed E-state index contributed by atoms with van der Waals surface area (Å²) in [6.45, 7) is 1.77. The monoisotopic (exact) mass is 242 g/mol. The summed E-state index contributed by atoms with van der Waals surface area (Å²) in [5, 5.41) is 0. The number of hydrogen-bond donors (Lipinski definition) is 2. The minimum atomic E-state index is 0.189. The Hall–Kier alpha value is -0.160. The number of ether oxygens (including phenoxy) is 2. The Morgan fingerprint density at radius 2 is 1.35 bits per heavy atom. The van der Waals surface area contributed by atoms with Crippen LogP contribution in [0.5, 0.6) is 0 Å². The van der Waals surface area contributed by atoms with Crippen molar-refractivity contribution in [3.63, 3.8) is 0 Å². The van der Waals surface area contributed by atoms with E-state index in [2.05, 4.69) is 0 Å². The molecule has 2 aliphatic heterocycles. The summed E-state index contributed by atoms with van der Waals surface area (Å²) in [4.78, 5) is 0. The first-order valence-electron chi connectivity index (χ1n) is 7.02. The second-order valence-electron chi connectivity index (χ2n) is 5.36. The molecule has 2 rings (SSSR count). The number of hydrogen-bond acceptors (Lipinski definition) is 4. The summed E-state index contributed by atoms with van der Waals surface area (Å²) in [5.41, 5.74) is 12.2. The van der Waals surface area contributed by atoms with Gasteiger partial charge < -0.3 is 20.9 Å². The molecule has 0 aromatic heterocycles. The third-order valence-electron chi connectivity index (χ3n) is 3.96. The zero-order chi connectivity index (χ0) is 12.1. The third kappa shape index (κ3) is 3.91. The Labute approximate surface area is 104 Å². The third-order valence-corrected chi connectivity index (χ3v) is 3.96. The van der Waals surface area contributed by atoms with E-state index < -0.39 is 0 Å². The molecular weight excluding hydrogens is 216 g/mol. The van der Waals surface area contributed by atoms with Crippen molar-refractivity contribution in [2.24, 2.45) is 11.5 Å². The maximum atomic E-state index is 6.12. The van der Waals surface area contributed by atoms with Gasteiger partial charge >= 0.3 is 0 Å². The van der Waals surface area contributed by atoms with Crippen LogP contribution in [0.25, 0.3) is 0 Å². The van der Waals surface area contributed by atoms with Gasteiger partial charge in [0.05, 0.1) is 12.2 Å². The molecule has 2 aliphatic rings. The summed E-state index contributed by atoms with van der Waals surface area (Å²) >= 11 is 0. The van der Waals surface area contributed by atoms with Crippen molar-refractivity contribution in [2.45, 2.75) is 69.2 Å². The molecule has 17 heavy (non-hydrogen) atoms. The average molecular weight is 242 g/mol. The van der Waals surface area contributed by atoms with Crippen LogP contribution in [0, 0.1) is 0 Å². The summed E-state index contributed by atoms with van der Waals surface area (Å²) in [7, 11) is 0.